The van der Waals surface area contributed by atoms with Crippen molar-refractivity contribution in [1.82, 2.24) is 14.9 Å². The Labute approximate surface area is 132 Å². The fourth-order valence-corrected chi connectivity index (χ4v) is 2.56. The molecule has 0 aliphatic heterocycles. The largest absolute Gasteiger partial charge is 0.507 e. The lowest BCUT2D eigenvalue weighted by molar-refractivity contribution is 0.475. The number of phenolic OH excluding ortho intramolecular Hbond substituents is 1. The van der Waals surface area contributed by atoms with Gasteiger partial charge in [0, 0.05) is 12.0 Å². The zero-order chi connectivity index (χ0) is 15.5. The fraction of sp³-hybridized carbons (Fsp3) is 0.188. The molecule has 0 spiro atoms. The molecule has 1 aromatic heterocycles. The highest BCUT2D eigenvalue weighted by Crippen LogP contribution is 2.25. The van der Waals surface area contributed by atoms with Gasteiger partial charge in [-0.2, -0.15) is 14.9 Å². The number of hydrogen-bond acceptors (Lipinski definition) is 4. The highest BCUT2D eigenvalue weighted by molar-refractivity contribution is 7.71. The molecule has 1 heterocycles. The van der Waals surface area contributed by atoms with E-state index in [2.05, 4.69) is 22.2 Å². The maximum absolute atomic E-state index is 10.1. The van der Waals surface area contributed by atoms with Crippen molar-refractivity contribution >= 4 is 29.2 Å². The van der Waals surface area contributed by atoms with E-state index in [4.69, 9.17) is 12.2 Å². The minimum absolute atomic E-state index is 0.189. The summed E-state index contributed by atoms with van der Waals surface area (Å²) < 4.78 is 2.04. The molecule has 0 unspecified atom stereocenters. The second-order valence-corrected chi connectivity index (χ2v) is 5.36. The molecular weight excluding hydrogens is 296 g/mol. The first kappa shape index (κ1) is 14.5. The Bertz CT molecular complexity index is 895. The molecule has 2 aromatic carbocycles. The van der Waals surface area contributed by atoms with E-state index in [1.165, 1.54) is 0 Å². The molecule has 0 aliphatic rings. The van der Waals surface area contributed by atoms with Crippen LogP contribution in [0.4, 0.5) is 0 Å². The van der Waals surface area contributed by atoms with Crippen LogP contribution in [-0.2, 0) is 6.42 Å². The van der Waals surface area contributed by atoms with E-state index in [1.54, 1.807) is 17.0 Å². The third-order valence-electron chi connectivity index (χ3n) is 3.44. The smallest absolute Gasteiger partial charge is 0.216 e. The van der Waals surface area contributed by atoms with Gasteiger partial charge in [0.25, 0.3) is 0 Å². The molecule has 6 heteroatoms. The van der Waals surface area contributed by atoms with E-state index < -0.39 is 0 Å². The van der Waals surface area contributed by atoms with E-state index in [-0.39, 0.29) is 5.75 Å². The number of aromatic hydroxyl groups is 1. The van der Waals surface area contributed by atoms with E-state index >= 15 is 0 Å². The number of fused-ring (bicyclic) bond motifs is 1. The molecule has 0 fully saturated rings. The summed E-state index contributed by atoms with van der Waals surface area (Å²) in [6.07, 6.45) is 3.36. The van der Waals surface area contributed by atoms with Crippen molar-refractivity contribution in [1.29, 1.82) is 0 Å². The molecule has 0 atom stereocenters. The van der Waals surface area contributed by atoms with Crippen LogP contribution in [0.5, 0.6) is 5.75 Å². The Kier molecular flexibility index (Phi) is 4.02. The van der Waals surface area contributed by atoms with Crippen molar-refractivity contribution in [3.8, 4) is 5.75 Å². The highest BCUT2D eigenvalue weighted by atomic mass is 32.1. The topological polar surface area (TPSA) is 66.2 Å². The van der Waals surface area contributed by atoms with Gasteiger partial charge >= 0.3 is 0 Å². The lowest BCUT2D eigenvalue weighted by Crippen LogP contribution is -1.99. The molecule has 5 nitrogen and oxygen atoms in total. The third kappa shape index (κ3) is 2.65. The Morgan fingerprint density at radius 3 is 2.95 bits per heavy atom. The first-order valence-corrected chi connectivity index (χ1v) is 7.53. The lowest BCUT2D eigenvalue weighted by atomic mass is 10.0. The summed E-state index contributed by atoms with van der Waals surface area (Å²) in [7, 11) is 0. The predicted molar refractivity (Wildman–Crippen MR) is 90.0 cm³/mol. The van der Waals surface area contributed by atoms with Gasteiger partial charge in [-0.15, -0.1) is 0 Å². The number of hydrogen-bond donors (Lipinski definition) is 2. The van der Waals surface area contributed by atoms with Crippen LogP contribution in [-0.4, -0.2) is 26.2 Å². The van der Waals surface area contributed by atoms with Crippen LogP contribution in [0, 0.1) is 4.77 Å². The van der Waals surface area contributed by atoms with Gasteiger partial charge in [-0.1, -0.05) is 37.3 Å². The van der Waals surface area contributed by atoms with E-state index in [9.17, 15) is 5.11 Å². The van der Waals surface area contributed by atoms with Crippen molar-refractivity contribution < 1.29 is 5.11 Å². The quantitative estimate of drug-likeness (QED) is 0.571. The number of aromatic amines is 1. The molecule has 0 amide bonds. The zero-order valence-corrected chi connectivity index (χ0v) is 13.0. The van der Waals surface area contributed by atoms with Crippen LogP contribution >= 0.6 is 12.2 Å². The average Bonchev–Trinajstić information content (AvgIpc) is 2.87. The van der Waals surface area contributed by atoms with Gasteiger partial charge in [0.2, 0.25) is 4.77 Å². The summed E-state index contributed by atoms with van der Waals surface area (Å²) >= 11 is 5.20. The Morgan fingerprint density at radius 2 is 2.14 bits per heavy atom. The highest BCUT2D eigenvalue weighted by Gasteiger charge is 2.06. The normalized spacial score (nSPS) is 11.5. The summed E-state index contributed by atoms with van der Waals surface area (Å²) in [5.41, 5.74) is 0.670. The fourth-order valence-electron chi connectivity index (χ4n) is 2.36. The third-order valence-corrected chi connectivity index (χ3v) is 3.71. The number of phenols is 1. The average molecular weight is 312 g/mol. The molecule has 0 saturated carbocycles. The number of benzene rings is 2. The van der Waals surface area contributed by atoms with Crippen molar-refractivity contribution in [2.45, 2.75) is 19.8 Å². The summed E-state index contributed by atoms with van der Waals surface area (Å²) in [4.78, 5) is 0. The van der Waals surface area contributed by atoms with Crippen LogP contribution in [0.3, 0.4) is 0 Å². The van der Waals surface area contributed by atoms with Crippen LogP contribution in [0.15, 0.2) is 41.5 Å². The Balaban J connectivity index is 2.09. The Morgan fingerprint density at radius 1 is 1.32 bits per heavy atom. The van der Waals surface area contributed by atoms with Crippen molar-refractivity contribution in [2.24, 2.45) is 5.10 Å². The molecule has 112 valence electrons. The zero-order valence-electron chi connectivity index (χ0n) is 12.2. The number of nitrogens with zero attached hydrogens (tertiary/aromatic N) is 3. The summed E-state index contributed by atoms with van der Waals surface area (Å²) in [5.74, 6) is 0.970. The van der Waals surface area contributed by atoms with Crippen LogP contribution in [0.1, 0.15) is 24.7 Å². The molecule has 0 bridgehead atoms. The molecule has 2 N–H and O–H groups in total. The van der Waals surface area contributed by atoms with Gasteiger partial charge in [-0.05, 0) is 35.5 Å². The number of nitrogens with one attached hydrogen (secondary N) is 1. The molecule has 22 heavy (non-hydrogen) atoms. The maximum Gasteiger partial charge on any atom is 0.216 e. The van der Waals surface area contributed by atoms with Crippen molar-refractivity contribution in [3.63, 3.8) is 0 Å². The van der Waals surface area contributed by atoms with Gasteiger partial charge in [0.05, 0.1) is 6.21 Å². The summed E-state index contributed by atoms with van der Waals surface area (Å²) in [5, 5.41) is 23.4. The van der Waals surface area contributed by atoms with Gasteiger partial charge < -0.3 is 5.11 Å². The first-order chi connectivity index (χ1) is 10.7. The van der Waals surface area contributed by atoms with Gasteiger partial charge in [-0.25, -0.2) is 0 Å². The molecule has 0 saturated heterocycles. The molecule has 0 aliphatic carbocycles. The molecule has 3 aromatic rings. The number of H-pyrrole nitrogens is 1. The lowest BCUT2D eigenvalue weighted by Gasteiger charge is -2.05. The van der Waals surface area contributed by atoms with Gasteiger partial charge in [-0.3, -0.25) is 5.10 Å². The minimum atomic E-state index is 0.189. The maximum atomic E-state index is 10.1. The molecule has 3 rings (SSSR count). The van der Waals surface area contributed by atoms with E-state index in [0.717, 1.165) is 29.4 Å². The minimum Gasteiger partial charge on any atom is -0.507 e. The van der Waals surface area contributed by atoms with Gasteiger partial charge in [0.1, 0.15) is 5.75 Å². The Hall–Kier alpha value is -2.47. The van der Waals surface area contributed by atoms with E-state index in [1.807, 2.05) is 30.3 Å². The first-order valence-electron chi connectivity index (χ1n) is 7.12. The van der Waals surface area contributed by atoms with Crippen LogP contribution in [0.25, 0.3) is 10.8 Å². The second-order valence-electron chi connectivity index (χ2n) is 4.97. The van der Waals surface area contributed by atoms with Crippen LogP contribution in [0.2, 0.25) is 0 Å². The monoisotopic (exact) mass is 312 g/mol. The summed E-state index contributed by atoms with van der Waals surface area (Å²) in [6, 6.07) is 11.4. The standard InChI is InChI=1S/C16H16N4OS/c1-2-5-15-18-19-16(22)20(15)17-10-13-12-7-4-3-6-11(12)8-9-14(13)21/h3-4,6-10,21H,2,5H2,1H3,(H,19,22)/b17-10+. The molecule has 0 radical (unpaired) electrons. The van der Waals surface area contributed by atoms with Gasteiger partial charge in [0.15, 0.2) is 5.82 Å². The number of aryl methyl sites for hydroxylation is 1. The van der Waals surface area contributed by atoms with Crippen LogP contribution < -0.4 is 0 Å². The van der Waals surface area contributed by atoms with Crippen molar-refractivity contribution in [2.75, 3.05) is 0 Å². The number of aromatic nitrogens is 3. The molecular formula is C16H16N4OS. The van der Waals surface area contributed by atoms with Crippen molar-refractivity contribution in [3.05, 3.63) is 52.6 Å². The number of rotatable bonds is 4. The predicted octanol–water partition coefficient (Wildman–Crippen LogP) is 3.63. The SMILES string of the molecule is CCCc1n[nH]c(=S)n1/N=C/c1c(O)ccc2ccccc12. The summed E-state index contributed by atoms with van der Waals surface area (Å²) in [6.45, 7) is 2.07. The second kappa shape index (κ2) is 6.11. The van der Waals surface area contributed by atoms with E-state index in [0.29, 0.717) is 10.3 Å².